The minimum Gasteiger partial charge on any atom is -0.454 e. The summed E-state index contributed by atoms with van der Waals surface area (Å²) in [6.45, 7) is 6.62. The second kappa shape index (κ2) is 7.35. The van der Waals surface area contributed by atoms with E-state index in [9.17, 15) is 4.79 Å². The van der Waals surface area contributed by atoms with Crippen LogP contribution in [0.2, 0.25) is 0 Å². The first-order valence-electron chi connectivity index (χ1n) is 7.20. The molecule has 0 spiro atoms. The number of hydrogen-bond donors (Lipinski definition) is 2. The lowest BCUT2D eigenvalue weighted by Gasteiger charge is -2.20. The number of carbonyl (C=O) groups is 1. The van der Waals surface area contributed by atoms with Crippen LogP contribution in [0.5, 0.6) is 0 Å². The van der Waals surface area contributed by atoms with Crippen LogP contribution in [-0.2, 0) is 24.9 Å². The fourth-order valence-corrected chi connectivity index (χ4v) is 2.40. The number of amides is 1. The van der Waals surface area contributed by atoms with E-state index in [0.717, 1.165) is 15.1 Å². The Hall–Kier alpha value is -1.55. The van der Waals surface area contributed by atoms with E-state index in [1.165, 1.54) is 0 Å². The maximum atomic E-state index is 11.9. The highest BCUT2D eigenvalue weighted by atomic mass is 127. The van der Waals surface area contributed by atoms with E-state index in [0.29, 0.717) is 18.9 Å². The first kappa shape index (κ1) is 17.8. The fraction of sp³-hybridized carbons (Fsp3) is 0.467. The Morgan fingerprint density at radius 3 is 2.74 bits per heavy atom. The van der Waals surface area contributed by atoms with Crippen LogP contribution in [0.4, 0.5) is 10.6 Å². The molecule has 0 saturated heterocycles. The number of carbonyl (C=O) groups excluding carboxylic acids is 1. The third-order valence-corrected chi connectivity index (χ3v) is 3.46. The van der Waals surface area contributed by atoms with Gasteiger partial charge in [-0.1, -0.05) is 0 Å². The van der Waals surface area contributed by atoms with E-state index in [1.807, 2.05) is 32.9 Å². The van der Waals surface area contributed by atoms with Crippen LogP contribution in [-0.4, -0.2) is 21.5 Å². The quantitative estimate of drug-likeness (QED) is 0.710. The number of furan rings is 1. The third-order valence-electron chi connectivity index (χ3n) is 2.88. The van der Waals surface area contributed by atoms with Gasteiger partial charge < -0.3 is 14.5 Å². The summed E-state index contributed by atoms with van der Waals surface area (Å²) in [5.41, 5.74) is 0.331. The van der Waals surface area contributed by atoms with Crippen molar-refractivity contribution in [1.82, 2.24) is 15.1 Å². The molecule has 7 nitrogen and oxygen atoms in total. The van der Waals surface area contributed by atoms with Crippen molar-refractivity contribution in [3.63, 3.8) is 0 Å². The Kier molecular flexibility index (Phi) is 5.69. The molecule has 2 rings (SSSR count). The summed E-state index contributed by atoms with van der Waals surface area (Å²) in [5, 5.41) is 10.2. The van der Waals surface area contributed by atoms with Crippen molar-refractivity contribution in [2.75, 3.05) is 5.32 Å². The first-order chi connectivity index (χ1) is 10.7. The maximum Gasteiger partial charge on any atom is 0.413 e. The van der Waals surface area contributed by atoms with Gasteiger partial charge in [-0.3, -0.25) is 10.00 Å². The van der Waals surface area contributed by atoms with Gasteiger partial charge in [-0.25, -0.2) is 4.79 Å². The van der Waals surface area contributed by atoms with Gasteiger partial charge in [-0.15, -0.1) is 0 Å². The molecule has 0 aromatic carbocycles. The van der Waals surface area contributed by atoms with E-state index in [4.69, 9.17) is 9.15 Å². The average molecular weight is 432 g/mol. The summed E-state index contributed by atoms with van der Waals surface area (Å²) in [6, 6.07) is 3.84. The Morgan fingerprint density at radius 2 is 2.13 bits per heavy atom. The van der Waals surface area contributed by atoms with E-state index >= 15 is 0 Å². The van der Waals surface area contributed by atoms with Gasteiger partial charge in [0, 0.05) is 19.2 Å². The maximum absolute atomic E-state index is 11.9. The highest BCUT2D eigenvalue weighted by Gasteiger charge is 2.19. The molecule has 8 heteroatoms. The number of ether oxygens (including phenoxy) is 1. The second-order valence-corrected chi connectivity index (χ2v) is 7.14. The zero-order valence-electron chi connectivity index (χ0n) is 13.6. The summed E-state index contributed by atoms with van der Waals surface area (Å²) in [4.78, 5) is 11.9. The van der Waals surface area contributed by atoms with Gasteiger partial charge in [0.15, 0.2) is 3.77 Å². The molecule has 23 heavy (non-hydrogen) atoms. The Morgan fingerprint density at radius 1 is 1.39 bits per heavy atom. The predicted octanol–water partition coefficient (Wildman–Crippen LogP) is 3.25. The minimum atomic E-state index is -0.544. The Bertz CT molecular complexity index is 673. The summed E-state index contributed by atoms with van der Waals surface area (Å²) in [7, 11) is 1.77. The van der Waals surface area contributed by atoms with Crippen molar-refractivity contribution >= 4 is 34.5 Å². The number of aromatic nitrogens is 2. The lowest BCUT2D eigenvalue weighted by atomic mass is 10.2. The molecular formula is C15H21IN4O3. The molecule has 0 unspecified atom stereocenters. The molecule has 1 amide bonds. The Labute approximate surface area is 148 Å². The van der Waals surface area contributed by atoms with Crippen molar-refractivity contribution in [3.05, 3.63) is 33.4 Å². The van der Waals surface area contributed by atoms with Crippen LogP contribution in [0.1, 0.15) is 32.1 Å². The molecule has 2 heterocycles. The number of aryl methyl sites for hydroxylation is 1. The number of hydrogen-bond acceptors (Lipinski definition) is 5. The molecule has 0 saturated carbocycles. The van der Waals surface area contributed by atoms with E-state index in [2.05, 4.69) is 38.3 Å². The van der Waals surface area contributed by atoms with Gasteiger partial charge in [-0.2, -0.15) is 5.10 Å². The molecule has 2 aromatic rings. The second-order valence-electron chi connectivity index (χ2n) is 6.08. The van der Waals surface area contributed by atoms with Gasteiger partial charge in [0.1, 0.15) is 17.2 Å². The number of halogens is 1. The van der Waals surface area contributed by atoms with Crippen LogP contribution < -0.4 is 10.6 Å². The zero-order valence-corrected chi connectivity index (χ0v) is 15.8. The van der Waals surface area contributed by atoms with E-state index < -0.39 is 11.7 Å². The SMILES string of the molecule is Cn1ncc(CNCc2ccc(I)o2)c1NC(=O)OC(C)(C)C. The largest absolute Gasteiger partial charge is 0.454 e. The summed E-state index contributed by atoms with van der Waals surface area (Å²) in [6.07, 6.45) is 1.22. The van der Waals surface area contributed by atoms with Crippen molar-refractivity contribution < 1.29 is 13.9 Å². The molecule has 2 N–H and O–H groups in total. The van der Waals surface area contributed by atoms with Crippen molar-refractivity contribution in [2.24, 2.45) is 7.05 Å². The monoisotopic (exact) mass is 432 g/mol. The Balaban J connectivity index is 1.94. The van der Waals surface area contributed by atoms with Gasteiger partial charge in [-0.05, 0) is 55.5 Å². The molecule has 2 aromatic heterocycles. The van der Waals surface area contributed by atoms with E-state index in [1.54, 1.807) is 17.9 Å². The zero-order chi connectivity index (χ0) is 17.0. The van der Waals surface area contributed by atoms with Crippen molar-refractivity contribution in [2.45, 2.75) is 39.5 Å². The van der Waals surface area contributed by atoms with Gasteiger partial charge >= 0.3 is 6.09 Å². The molecular weight excluding hydrogens is 411 g/mol. The van der Waals surface area contributed by atoms with Crippen LogP contribution in [0.3, 0.4) is 0 Å². The van der Waals surface area contributed by atoms with Crippen LogP contribution >= 0.6 is 22.6 Å². The van der Waals surface area contributed by atoms with Gasteiger partial charge in [0.25, 0.3) is 0 Å². The first-order valence-corrected chi connectivity index (χ1v) is 8.28. The molecule has 0 atom stereocenters. The van der Waals surface area contributed by atoms with Gasteiger partial charge in [0.05, 0.1) is 12.7 Å². The van der Waals surface area contributed by atoms with Crippen LogP contribution in [0, 0.1) is 3.77 Å². The molecule has 126 valence electrons. The standard InChI is InChI=1S/C15H21IN4O3/c1-15(2,3)23-14(21)19-13-10(8-18-20(13)4)7-17-9-11-5-6-12(16)22-11/h5-6,8,17H,7,9H2,1-4H3,(H,19,21). The molecule has 0 bridgehead atoms. The lowest BCUT2D eigenvalue weighted by molar-refractivity contribution is 0.0634. The molecule has 0 aliphatic rings. The number of rotatable bonds is 5. The smallest absolute Gasteiger partial charge is 0.413 e. The predicted molar refractivity (Wildman–Crippen MR) is 95.0 cm³/mol. The van der Waals surface area contributed by atoms with Gasteiger partial charge in [0.2, 0.25) is 0 Å². The average Bonchev–Trinajstić information content (AvgIpc) is 2.97. The molecule has 0 aliphatic heterocycles. The highest BCUT2D eigenvalue weighted by Crippen LogP contribution is 2.16. The highest BCUT2D eigenvalue weighted by molar-refractivity contribution is 14.1. The third kappa shape index (κ3) is 5.54. The van der Waals surface area contributed by atoms with Crippen molar-refractivity contribution in [3.8, 4) is 0 Å². The molecule has 0 aliphatic carbocycles. The lowest BCUT2D eigenvalue weighted by Crippen LogP contribution is -2.28. The van der Waals surface area contributed by atoms with Crippen LogP contribution in [0.15, 0.2) is 22.7 Å². The normalized spacial score (nSPS) is 11.5. The van der Waals surface area contributed by atoms with Crippen LogP contribution in [0.25, 0.3) is 0 Å². The summed E-state index contributed by atoms with van der Waals surface area (Å²) < 4.78 is 13.2. The fourth-order valence-electron chi connectivity index (χ4n) is 1.94. The summed E-state index contributed by atoms with van der Waals surface area (Å²) in [5.74, 6) is 1.47. The molecule has 0 radical (unpaired) electrons. The van der Waals surface area contributed by atoms with E-state index in [-0.39, 0.29) is 0 Å². The number of anilines is 1. The number of nitrogens with zero attached hydrogens (tertiary/aromatic N) is 2. The molecule has 0 fully saturated rings. The topological polar surface area (TPSA) is 81.3 Å². The minimum absolute atomic E-state index is 0.497. The number of nitrogens with one attached hydrogen (secondary N) is 2. The van der Waals surface area contributed by atoms with Crippen molar-refractivity contribution in [1.29, 1.82) is 0 Å². The summed E-state index contributed by atoms with van der Waals surface area (Å²) >= 11 is 2.13.